The Morgan fingerprint density at radius 2 is 2.00 bits per heavy atom. The second kappa shape index (κ2) is 5.41. The number of hydrogen-bond donors (Lipinski definition) is 2. The van der Waals surface area contributed by atoms with E-state index in [2.05, 4.69) is 0 Å². The standard InChI is InChI=1S/C12H16O5S2/c1-9-2-4-11(5-3-9)19(15,16)17-7-6-10-8-18-12(10,13)14/h2-5,10,13-14H,6-8H2,1H3. The number of aryl methyl sites for hydroxylation is 1. The van der Waals surface area contributed by atoms with Crippen molar-refractivity contribution in [3.63, 3.8) is 0 Å². The van der Waals surface area contributed by atoms with Crippen molar-refractivity contribution in [2.75, 3.05) is 12.4 Å². The number of thioether (sulfide) groups is 1. The van der Waals surface area contributed by atoms with Crippen LogP contribution in [0.25, 0.3) is 0 Å². The van der Waals surface area contributed by atoms with Crippen LogP contribution in [-0.4, -0.2) is 36.1 Å². The molecule has 0 saturated carbocycles. The minimum atomic E-state index is -3.76. The summed E-state index contributed by atoms with van der Waals surface area (Å²) in [4.78, 5) is 0.111. The molecule has 1 fully saturated rings. The molecule has 0 amide bonds. The molecule has 1 aromatic rings. The van der Waals surface area contributed by atoms with Crippen LogP contribution in [0, 0.1) is 12.8 Å². The van der Waals surface area contributed by atoms with Gasteiger partial charge in [-0.2, -0.15) is 8.42 Å². The fourth-order valence-electron chi connectivity index (χ4n) is 1.69. The largest absolute Gasteiger partial charge is 0.357 e. The van der Waals surface area contributed by atoms with E-state index < -0.39 is 15.2 Å². The van der Waals surface area contributed by atoms with Gasteiger partial charge in [0.15, 0.2) is 0 Å². The molecule has 2 rings (SSSR count). The van der Waals surface area contributed by atoms with E-state index in [1.54, 1.807) is 12.1 Å². The average Bonchev–Trinajstić information content (AvgIpc) is 2.34. The third-order valence-corrected chi connectivity index (χ3v) is 5.70. The zero-order valence-corrected chi connectivity index (χ0v) is 12.1. The van der Waals surface area contributed by atoms with Gasteiger partial charge in [-0.25, -0.2) is 0 Å². The average molecular weight is 304 g/mol. The molecular formula is C12H16O5S2. The van der Waals surface area contributed by atoms with E-state index in [1.807, 2.05) is 6.92 Å². The minimum absolute atomic E-state index is 0.0513. The maximum absolute atomic E-state index is 11.8. The molecule has 7 heteroatoms. The van der Waals surface area contributed by atoms with Gasteiger partial charge < -0.3 is 10.2 Å². The summed E-state index contributed by atoms with van der Waals surface area (Å²) in [6, 6.07) is 6.38. The monoisotopic (exact) mass is 304 g/mol. The molecule has 1 atom stereocenters. The van der Waals surface area contributed by atoms with Gasteiger partial charge in [-0.1, -0.05) is 29.5 Å². The molecule has 5 nitrogen and oxygen atoms in total. The summed E-state index contributed by atoms with van der Waals surface area (Å²) in [6.07, 6.45) is 0.297. The Hall–Kier alpha value is -0.600. The van der Waals surface area contributed by atoms with E-state index in [9.17, 15) is 18.6 Å². The number of rotatable bonds is 5. The molecule has 1 aliphatic rings. The highest BCUT2D eigenvalue weighted by Crippen LogP contribution is 2.43. The van der Waals surface area contributed by atoms with Crippen molar-refractivity contribution in [2.24, 2.45) is 5.92 Å². The molecule has 0 aromatic heterocycles. The Kier molecular flexibility index (Phi) is 4.22. The molecule has 2 N–H and O–H groups in total. The summed E-state index contributed by atoms with van der Waals surface area (Å²) < 4.78 is 28.6. The molecule has 0 radical (unpaired) electrons. The van der Waals surface area contributed by atoms with Crippen LogP contribution < -0.4 is 0 Å². The van der Waals surface area contributed by atoms with Crippen molar-refractivity contribution >= 4 is 21.9 Å². The van der Waals surface area contributed by atoms with Crippen molar-refractivity contribution in [3.8, 4) is 0 Å². The molecule has 106 valence electrons. The van der Waals surface area contributed by atoms with Gasteiger partial charge in [0, 0.05) is 11.7 Å². The minimum Gasteiger partial charge on any atom is -0.357 e. The van der Waals surface area contributed by atoms with E-state index in [0.29, 0.717) is 12.2 Å². The van der Waals surface area contributed by atoms with E-state index in [4.69, 9.17) is 4.18 Å². The first-order valence-electron chi connectivity index (χ1n) is 5.86. The molecule has 1 saturated heterocycles. The highest BCUT2D eigenvalue weighted by molar-refractivity contribution is 8.01. The SMILES string of the molecule is Cc1ccc(S(=O)(=O)OCCC2CSC2(O)O)cc1. The zero-order chi connectivity index (χ0) is 14.1. The Bertz CT molecular complexity index is 536. The normalized spacial score (nSPS) is 21.9. The molecule has 19 heavy (non-hydrogen) atoms. The molecule has 1 aromatic carbocycles. The van der Waals surface area contributed by atoms with Crippen molar-refractivity contribution < 1.29 is 22.8 Å². The lowest BCUT2D eigenvalue weighted by molar-refractivity contribution is -0.130. The van der Waals surface area contributed by atoms with Crippen LogP contribution in [0.15, 0.2) is 29.2 Å². The van der Waals surface area contributed by atoms with Crippen LogP contribution in [0.1, 0.15) is 12.0 Å². The second-order valence-electron chi connectivity index (χ2n) is 4.54. The number of hydrogen-bond acceptors (Lipinski definition) is 6. The Morgan fingerprint density at radius 1 is 1.37 bits per heavy atom. The van der Waals surface area contributed by atoms with Gasteiger partial charge in [0.25, 0.3) is 10.1 Å². The van der Waals surface area contributed by atoms with E-state index in [-0.39, 0.29) is 17.4 Å². The first kappa shape index (κ1) is 14.8. The molecule has 1 aliphatic heterocycles. The van der Waals surface area contributed by atoms with Gasteiger partial charge in [0.1, 0.15) is 0 Å². The lowest BCUT2D eigenvalue weighted by atomic mass is 10.1. The molecule has 0 bridgehead atoms. The summed E-state index contributed by atoms with van der Waals surface area (Å²) in [6.45, 7) is 1.82. The second-order valence-corrected chi connectivity index (χ2v) is 7.38. The van der Waals surface area contributed by atoms with Crippen molar-refractivity contribution in [2.45, 2.75) is 23.4 Å². The van der Waals surface area contributed by atoms with E-state index in [1.165, 1.54) is 12.1 Å². The number of aliphatic hydroxyl groups is 2. The molecule has 0 aliphatic carbocycles. The first-order valence-corrected chi connectivity index (χ1v) is 8.25. The molecule has 0 spiro atoms. The Labute approximate surface area is 116 Å². The third-order valence-electron chi connectivity index (χ3n) is 3.04. The predicted octanol–water partition coefficient (Wildman–Crippen LogP) is 1.09. The summed E-state index contributed by atoms with van der Waals surface area (Å²) in [5.74, 6) is 0.256. The first-order chi connectivity index (χ1) is 8.81. The van der Waals surface area contributed by atoms with Crippen molar-refractivity contribution in [3.05, 3.63) is 29.8 Å². The zero-order valence-electron chi connectivity index (χ0n) is 10.4. The van der Waals surface area contributed by atoms with Crippen LogP contribution in [-0.2, 0) is 14.3 Å². The van der Waals surface area contributed by atoms with Crippen molar-refractivity contribution in [1.82, 2.24) is 0 Å². The van der Waals surface area contributed by atoms with Crippen molar-refractivity contribution in [1.29, 1.82) is 0 Å². The highest BCUT2D eigenvalue weighted by atomic mass is 32.2. The van der Waals surface area contributed by atoms with Gasteiger partial charge in [-0.3, -0.25) is 4.18 Å². The molecule has 1 unspecified atom stereocenters. The number of benzene rings is 1. The predicted molar refractivity (Wildman–Crippen MR) is 72.1 cm³/mol. The summed E-state index contributed by atoms with van der Waals surface area (Å²) in [7, 11) is -3.76. The molecular weight excluding hydrogens is 288 g/mol. The topological polar surface area (TPSA) is 83.8 Å². The van der Waals surface area contributed by atoms with Crippen LogP contribution in [0.4, 0.5) is 0 Å². The van der Waals surface area contributed by atoms with Crippen LogP contribution in [0.5, 0.6) is 0 Å². The maximum Gasteiger partial charge on any atom is 0.296 e. The summed E-state index contributed by atoms with van der Waals surface area (Å²) >= 11 is 1.03. The van der Waals surface area contributed by atoms with E-state index in [0.717, 1.165) is 17.3 Å². The lowest BCUT2D eigenvalue weighted by Gasteiger charge is -2.39. The van der Waals surface area contributed by atoms with Crippen LogP contribution >= 0.6 is 11.8 Å². The highest BCUT2D eigenvalue weighted by Gasteiger charge is 2.44. The van der Waals surface area contributed by atoms with Gasteiger partial charge >= 0.3 is 0 Å². The van der Waals surface area contributed by atoms with Gasteiger partial charge in [-0.15, -0.1) is 0 Å². The lowest BCUT2D eigenvalue weighted by Crippen LogP contribution is -2.45. The molecule has 1 heterocycles. The fraction of sp³-hybridized carbons (Fsp3) is 0.500. The quantitative estimate of drug-likeness (QED) is 0.626. The fourth-order valence-corrected chi connectivity index (χ4v) is 3.60. The van der Waals surface area contributed by atoms with Gasteiger partial charge in [0.05, 0.1) is 11.5 Å². The van der Waals surface area contributed by atoms with Crippen LogP contribution in [0.2, 0.25) is 0 Å². The Morgan fingerprint density at radius 3 is 2.47 bits per heavy atom. The third kappa shape index (κ3) is 3.49. The Balaban J connectivity index is 1.90. The summed E-state index contributed by atoms with van der Waals surface area (Å²) in [5.41, 5.74) is 0.968. The van der Waals surface area contributed by atoms with Gasteiger partial charge in [0.2, 0.25) is 5.12 Å². The van der Waals surface area contributed by atoms with Crippen LogP contribution in [0.3, 0.4) is 0 Å². The smallest absolute Gasteiger partial charge is 0.296 e. The summed E-state index contributed by atoms with van der Waals surface area (Å²) in [5, 5.41) is 17.0. The van der Waals surface area contributed by atoms with Gasteiger partial charge in [-0.05, 0) is 25.5 Å². The van der Waals surface area contributed by atoms with E-state index >= 15 is 0 Å². The maximum atomic E-state index is 11.8.